The number of rotatable bonds is 5. The number of hydrogen-bond donors (Lipinski definition) is 0. The molecule has 1 amide bonds. The highest BCUT2D eigenvalue weighted by Gasteiger charge is 2.36. The van der Waals surface area contributed by atoms with E-state index in [1.54, 1.807) is 23.1 Å². The first-order chi connectivity index (χ1) is 13.4. The highest BCUT2D eigenvalue weighted by Crippen LogP contribution is 2.22. The van der Waals surface area contributed by atoms with Crippen LogP contribution < -0.4 is 5.56 Å². The minimum absolute atomic E-state index is 0.0303. The minimum Gasteiger partial charge on any atom is -0.376 e. The summed E-state index contributed by atoms with van der Waals surface area (Å²) in [7, 11) is -3.14. The van der Waals surface area contributed by atoms with E-state index in [0.29, 0.717) is 30.6 Å². The van der Waals surface area contributed by atoms with Gasteiger partial charge in [0.1, 0.15) is 6.54 Å². The number of carbonyl (C=O) groups excluding carboxylic acids is 1. The summed E-state index contributed by atoms with van der Waals surface area (Å²) in [5, 5.41) is 0. The zero-order valence-electron chi connectivity index (χ0n) is 15.5. The van der Waals surface area contributed by atoms with Crippen LogP contribution >= 0.6 is 0 Å². The number of hydrogen-bond acceptors (Lipinski definition) is 6. The molecule has 2 aliphatic heterocycles. The van der Waals surface area contributed by atoms with Gasteiger partial charge < -0.3 is 9.64 Å². The van der Waals surface area contributed by atoms with Gasteiger partial charge in [0.2, 0.25) is 5.91 Å². The van der Waals surface area contributed by atoms with E-state index < -0.39 is 9.84 Å². The summed E-state index contributed by atoms with van der Waals surface area (Å²) < 4.78 is 31.0. The average molecular weight is 405 g/mol. The monoisotopic (exact) mass is 405 g/mol. The smallest absolute Gasteiger partial charge is 0.269 e. The van der Waals surface area contributed by atoms with Crippen LogP contribution in [0, 0.1) is 0 Å². The Morgan fingerprint density at radius 1 is 1.29 bits per heavy atom. The fraction of sp³-hybridized carbons (Fsp3) is 0.526. The Morgan fingerprint density at radius 2 is 2.11 bits per heavy atom. The third kappa shape index (κ3) is 3.95. The number of amides is 1. The summed E-state index contributed by atoms with van der Waals surface area (Å²) in [4.78, 5) is 31.3. The number of sulfone groups is 1. The second-order valence-corrected chi connectivity index (χ2v) is 9.64. The Hall–Kier alpha value is -2.26. The zero-order chi connectivity index (χ0) is 19.7. The van der Waals surface area contributed by atoms with Gasteiger partial charge in [-0.3, -0.25) is 14.2 Å². The van der Waals surface area contributed by atoms with E-state index in [0.717, 1.165) is 12.8 Å². The lowest BCUT2D eigenvalue weighted by Crippen LogP contribution is -2.47. The molecule has 2 atom stereocenters. The molecule has 0 radical (unpaired) electrons. The van der Waals surface area contributed by atoms with E-state index in [4.69, 9.17) is 4.74 Å². The van der Waals surface area contributed by atoms with Crippen LogP contribution in [0.3, 0.4) is 0 Å². The molecule has 0 saturated carbocycles. The first kappa shape index (κ1) is 19.1. The normalized spacial score (nSPS) is 23.9. The molecule has 0 aliphatic carbocycles. The van der Waals surface area contributed by atoms with Crippen molar-refractivity contribution < 1.29 is 17.9 Å². The first-order valence-electron chi connectivity index (χ1n) is 9.49. The number of carbonyl (C=O) groups is 1. The number of benzene rings is 1. The fourth-order valence-corrected chi connectivity index (χ4v) is 5.72. The SMILES string of the molecule is O=C(Cn1c(=O)cnc2ccccc21)N(C[C@@H]1CCCO1)[C@H]1CCS(=O)(=O)C1. The summed E-state index contributed by atoms with van der Waals surface area (Å²) >= 11 is 0. The fourth-order valence-electron chi connectivity index (χ4n) is 3.99. The van der Waals surface area contributed by atoms with Crippen molar-refractivity contribution >= 4 is 26.8 Å². The van der Waals surface area contributed by atoms with Gasteiger partial charge >= 0.3 is 0 Å². The highest BCUT2D eigenvalue weighted by atomic mass is 32.2. The largest absolute Gasteiger partial charge is 0.376 e. The van der Waals surface area contributed by atoms with E-state index in [1.165, 1.54) is 10.8 Å². The molecule has 4 rings (SSSR count). The molecule has 2 aliphatic rings. The molecule has 0 spiro atoms. The quantitative estimate of drug-likeness (QED) is 0.722. The molecule has 2 fully saturated rings. The third-order valence-electron chi connectivity index (χ3n) is 5.44. The van der Waals surface area contributed by atoms with Gasteiger partial charge in [-0.1, -0.05) is 12.1 Å². The molecule has 0 N–H and O–H groups in total. The van der Waals surface area contributed by atoms with Crippen molar-refractivity contribution in [3.63, 3.8) is 0 Å². The van der Waals surface area contributed by atoms with Gasteiger partial charge in [-0.15, -0.1) is 0 Å². The van der Waals surface area contributed by atoms with Crippen molar-refractivity contribution in [1.82, 2.24) is 14.5 Å². The zero-order valence-corrected chi connectivity index (χ0v) is 16.3. The van der Waals surface area contributed by atoms with Gasteiger partial charge in [-0.25, -0.2) is 13.4 Å². The molecule has 8 nitrogen and oxygen atoms in total. The highest BCUT2D eigenvalue weighted by molar-refractivity contribution is 7.91. The van der Waals surface area contributed by atoms with Crippen molar-refractivity contribution in [3.05, 3.63) is 40.8 Å². The van der Waals surface area contributed by atoms with Gasteiger partial charge in [-0.05, 0) is 31.4 Å². The van der Waals surface area contributed by atoms with Gasteiger partial charge in [0.05, 0.1) is 34.8 Å². The van der Waals surface area contributed by atoms with Gasteiger partial charge in [-0.2, -0.15) is 0 Å². The minimum atomic E-state index is -3.14. The average Bonchev–Trinajstić information content (AvgIpc) is 3.31. The standard InChI is InChI=1S/C19H23N3O5S/c23-18-10-20-16-5-1-2-6-17(16)22(18)12-19(24)21(11-15-4-3-8-27-15)14-7-9-28(25,26)13-14/h1-2,5-6,10,14-15H,3-4,7-9,11-13H2/t14-,15-/m0/s1. The maximum Gasteiger partial charge on any atom is 0.269 e. The topological polar surface area (TPSA) is 98.6 Å². The van der Waals surface area contributed by atoms with E-state index in [-0.39, 0.29) is 41.7 Å². The Morgan fingerprint density at radius 3 is 2.82 bits per heavy atom. The Bertz CT molecular complexity index is 1040. The second kappa shape index (κ2) is 7.63. The maximum atomic E-state index is 13.2. The van der Waals surface area contributed by atoms with E-state index >= 15 is 0 Å². The Balaban J connectivity index is 1.62. The molecule has 28 heavy (non-hydrogen) atoms. The van der Waals surface area contributed by atoms with Crippen molar-refractivity contribution in [3.8, 4) is 0 Å². The van der Waals surface area contributed by atoms with Crippen LogP contribution in [0.2, 0.25) is 0 Å². The van der Waals surface area contributed by atoms with Crippen LogP contribution in [0.4, 0.5) is 0 Å². The molecule has 0 unspecified atom stereocenters. The number of nitrogens with zero attached hydrogens (tertiary/aromatic N) is 3. The van der Waals surface area contributed by atoms with Crippen LogP contribution in [0.15, 0.2) is 35.3 Å². The molecule has 1 aromatic carbocycles. The second-order valence-electron chi connectivity index (χ2n) is 7.41. The van der Waals surface area contributed by atoms with Crippen LogP contribution in [-0.4, -0.2) is 65.6 Å². The molecule has 2 aromatic rings. The first-order valence-corrected chi connectivity index (χ1v) is 11.3. The molecule has 3 heterocycles. The Kier molecular flexibility index (Phi) is 5.20. The number of fused-ring (bicyclic) bond motifs is 1. The molecular formula is C19H23N3O5S. The van der Waals surface area contributed by atoms with Gasteiger partial charge in [0, 0.05) is 19.2 Å². The summed E-state index contributed by atoms with van der Waals surface area (Å²) in [6, 6.07) is 6.77. The molecule has 1 aromatic heterocycles. The summed E-state index contributed by atoms with van der Waals surface area (Å²) in [5.74, 6) is -0.209. The summed E-state index contributed by atoms with van der Waals surface area (Å²) in [6.07, 6.45) is 3.33. The lowest BCUT2D eigenvalue weighted by molar-refractivity contribution is -0.135. The van der Waals surface area contributed by atoms with Crippen molar-refractivity contribution in [2.24, 2.45) is 0 Å². The molecule has 0 bridgehead atoms. The predicted molar refractivity (Wildman–Crippen MR) is 104 cm³/mol. The van der Waals surface area contributed by atoms with Crippen LogP contribution in [0.5, 0.6) is 0 Å². The van der Waals surface area contributed by atoms with Crippen molar-refractivity contribution in [2.75, 3.05) is 24.7 Å². The molecular weight excluding hydrogens is 382 g/mol. The Labute approximate surface area is 163 Å². The van der Waals surface area contributed by atoms with Crippen molar-refractivity contribution in [2.45, 2.75) is 38.0 Å². The van der Waals surface area contributed by atoms with E-state index in [2.05, 4.69) is 4.98 Å². The van der Waals surface area contributed by atoms with Gasteiger partial charge in [0.15, 0.2) is 9.84 Å². The molecule has 9 heteroatoms. The summed E-state index contributed by atoms with van der Waals surface area (Å²) in [5.41, 5.74) is 0.853. The third-order valence-corrected chi connectivity index (χ3v) is 7.19. The van der Waals surface area contributed by atoms with Gasteiger partial charge in [0.25, 0.3) is 5.56 Å². The molecule has 150 valence electrons. The van der Waals surface area contributed by atoms with Crippen LogP contribution in [0.1, 0.15) is 19.3 Å². The van der Waals surface area contributed by atoms with E-state index in [1.807, 2.05) is 6.07 Å². The lowest BCUT2D eigenvalue weighted by Gasteiger charge is -2.31. The van der Waals surface area contributed by atoms with Crippen LogP contribution in [0.25, 0.3) is 11.0 Å². The lowest BCUT2D eigenvalue weighted by atomic mass is 10.1. The predicted octanol–water partition coefficient (Wildman–Crippen LogP) is 0.591. The van der Waals surface area contributed by atoms with Crippen molar-refractivity contribution in [1.29, 1.82) is 0 Å². The van der Waals surface area contributed by atoms with Crippen LogP contribution in [-0.2, 0) is 25.9 Å². The number of ether oxygens (including phenoxy) is 1. The number of aromatic nitrogens is 2. The maximum absolute atomic E-state index is 13.2. The molecule has 2 saturated heterocycles. The number of para-hydroxylation sites is 2. The summed E-state index contributed by atoms with van der Waals surface area (Å²) in [6.45, 7) is 0.867. The van der Waals surface area contributed by atoms with E-state index in [9.17, 15) is 18.0 Å².